The fourth-order valence-electron chi connectivity index (χ4n) is 3.67. The molecule has 0 bridgehead atoms. The fourth-order valence-corrected chi connectivity index (χ4v) is 4.60. The van der Waals surface area contributed by atoms with Crippen LogP contribution in [0, 0.1) is 0 Å². The Labute approximate surface area is 152 Å². The van der Waals surface area contributed by atoms with Gasteiger partial charge in [-0.1, -0.05) is 13.8 Å². The predicted molar refractivity (Wildman–Crippen MR) is 99.1 cm³/mol. The molecule has 0 fully saturated rings. The summed E-state index contributed by atoms with van der Waals surface area (Å²) in [4.78, 5) is 16.2. The molecule has 1 atom stereocenters. The molecular weight excluding hydrogens is 336 g/mol. The number of nitrogens with zero attached hydrogens (tertiary/aromatic N) is 3. The summed E-state index contributed by atoms with van der Waals surface area (Å²) in [5.41, 5.74) is 3.23. The van der Waals surface area contributed by atoms with Gasteiger partial charge in [-0.15, -0.1) is 11.3 Å². The second-order valence-corrected chi connectivity index (χ2v) is 7.24. The molecule has 0 spiro atoms. The SMILES string of the molecule is CCc1nn(C)c(OC)c1CNC(=O)N1CCc2sccc2C1CC. The van der Waals surface area contributed by atoms with Gasteiger partial charge in [0.1, 0.15) is 0 Å². The second-order valence-electron chi connectivity index (χ2n) is 6.24. The van der Waals surface area contributed by atoms with Crippen LogP contribution >= 0.6 is 11.3 Å². The first kappa shape index (κ1) is 17.8. The normalized spacial score (nSPS) is 16.6. The van der Waals surface area contributed by atoms with Gasteiger partial charge in [-0.2, -0.15) is 5.10 Å². The fraction of sp³-hybridized carbons (Fsp3) is 0.556. The Hall–Kier alpha value is -2.02. The average molecular weight is 362 g/mol. The van der Waals surface area contributed by atoms with Gasteiger partial charge in [-0.05, 0) is 36.3 Å². The van der Waals surface area contributed by atoms with E-state index in [2.05, 4.69) is 35.7 Å². The van der Waals surface area contributed by atoms with E-state index in [1.165, 1.54) is 10.4 Å². The molecule has 2 aromatic rings. The highest BCUT2D eigenvalue weighted by molar-refractivity contribution is 7.10. The number of hydrogen-bond acceptors (Lipinski definition) is 4. The number of carbonyl (C=O) groups excluding carboxylic acids is 1. The van der Waals surface area contributed by atoms with Crippen molar-refractivity contribution >= 4 is 17.4 Å². The molecule has 6 nitrogen and oxygen atoms in total. The molecule has 1 N–H and O–H groups in total. The number of carbonyl (C=O) groups is 1. The molecule has 25 heavy (non-hydrogen) atoms. The summed E-state index contributed by atoms with van der Waals surface area (Å²) in [5.74, 6) is 0.711. The lowest BCUT2D eigenvalue weighted by molar-refractivity contribution is 0.167. The van der Waals surface area contributed by atoms with Crippen molar-refractivity contribution in [2.75, 3.05) is 13.7 Å². The van der Waals surface area contributed by atoms with Crippen molar-refractivity contribution < 1.29 is 9.53 Å². The minimum atomic E-state index is -0.0170. The standard InChI is InChI=1S/C18H26N4O2S/c1-5-14-13(17(24-4)21(3)20-14)11-19-18(23)22-9-7-16-12(8-10-25-16)15(22)6-2/h8,10,15H,5-7,9,11H2,1-4H3,(H,19,23). The third-order valence-electron chi connectivity index (χ3n) is 4.86. The van der Waals surface area contributed by atoms with Crippen LogP contribution < -0.4 is 10.1 Å². The van der Waals surface area contributed by atoms with E-state index in [1.54, 1.807) is 23.1 Å². The number of methoxy groups -OCH3 is 1. The van der Waals surface area contributed by atoms with Gasteiger partial charge in [0.05, 0.1) is 31.0 Å². The first-order chi connectivity index (χ1) is 12.1. The van der Waals surface area contributed by atoms with E-state index in [9.17, 15) is 4.79 Å². The number of thiophene rings is 1. The quantitative estimate of drug-likeness (QED) is 0.888. The van der Waals surface area contributed by atoms with Crippen LogP contribution in [0.25, 0.3) is 0 Å². The Balaban J connectivity index is 1.73. The Kier molecular flexibility index (Phi) is 5.32. The maximum Gasteiger partial charge on any atom is 0.318 e. The number of nitrogens with one attached hydrogen (secondary N) is 1. The van der Waals surface area contributed by atoms with Crippen LogP contribution in [0.1, 0.15) is 48.0 Å². The highest BCUT2D eigenvalue weighted by Crippen LogP contribution is 2.35. The molecule has 0 aliphatic carbocycles. The van der Waals surface area contributed by atoms with Crippen LogP contribution in [0.5, 0.6) is 5.88 Å². The summed E-state index contributed by atoms with van der Waals surface area (Å²) in [6.07, 6.45) is 2.67. The summed E-state index contributed by atoms with van der Waals surface area (Å²) in [7, 11) is 3.50. The molecule has 0 saturated carbocycles. The van der Waals surface area contributed by atoms with Crippen molar-refractivity contribution in [3.63, 3.8) is 0 Å². The zero-order chi connectivity index (χ0) is 18.0. The van der Waals surface area contributed by atoms with E-state index in [-0.39, 0.29) is 12.1 Å². The molecule has 1 aliphatic heterocycles. The third kappa shape index (κ3) is 3.25. The van der Waals surface area contributed by atoms with Gasteiger partial charge in [-0.25, -0.2) is 9.48 Å². The topological polar surface area (TPSA) is 59.4 Å². The molecule has 3 heterocycles. The van der Waals surface area contributed by atoms with Crippen LogP contribution in [0.3, 0.4) is 0 Å². The molecule has 136 valence electrons. The van der Waals surface area contributed by atoms with E-state index in [4.69, 9.17) is 4.74 Å². The minimum Gasteiger partial charge on any atom is -0.481 e. The van der Waals surface area contributed by atoms with Crippen LogP contribution in [0.2, 0.25) is 0 Å². The molecule has 2 amide bonds. The maximum absolute atomic E-state index is 12.8. The van der Waals surface area contributed by atoms with Gasteiger partial charge in [-0.3, -0.25) is 0 Å². The summed E-state index contributed by atoms with van der Waals surface area (Å²) < 4.78 is 7.18. The molecule has 1 aliphatic rings. The molecule has 0 radical (unpaired) electrons. The number of ether oxygens (including phenoxy) is 1. The maximum atomic E-state index is 12.8. The highest BCUT2D eigenvalue weighted by Gasteiger charge is 2.30. The van der Waals surface area contributed by atoms with Gasteiger partial charge in [0.25, 0.3) is 0 Å². The first-order valence-corrected chi connectivity index (χ1v) is 9.68. The van der Waals surface area contributed by atoms with Crippen molar-refractivity contribution in [3.8, 4) is 5.88 Å². The van der Waals surface area contributed by atoms with E-state index < -0.39 is 0 Å². The minimum absolute atomic E-state index is 0.0170. The van der Waals surface area contributed by atoms with Crippen molar-refractivity contribution in [2.45, 2.75) is 45.7 Å². The van der Waals surface area contributed by atoms with Crippen LogP contribution in [0.15, 0.2) is 11.4 Å². The second kappa shape index (κ2) is 7.47. The molecule has 2 aromatic heterocycles. The number of hydrogen-bond donors (Lipinski definition) is 1. The van der Waals surface area contributed by atoms with E-state index in [1.807, 2.05) is 11.9 Å². The molecule has 0 aromatic carbocycles. The Morgan fingerprint density at radius 2 is 2.28 bits per heavy atom. The summed E-state index contributed by atoms with van der Waals surface area (Å²) in [6, 6.07) is 2.31. The molecule has 3 rings (SSSR count). The number of aromatic nitrogens is 2. The van der Waals surface area contributed by atoms with Crippen LogP contribution in [0.4, 0.5) is 4.79 Å². The summed E-state index contributed by atoms with van der Waals surface area (Å²) in [6.45, 7) is 5.39. The third-order valence-corrected chi connectivity index (χ3v) is 5.85. The first-order valence-electron chi connectivity index (χ1n) is 8.80. The lowest BCUT2D eigenvalue weighted by Gasteiger charge is -2.35. The lowest BCUT2D eigenvalue weighted by atomic mass is 9.98. The smallest absolute Gasteiger partial charge is 0.318 e. The average Bonchev–Trinajstić information content (AvgIpc) is 3.22. The van der Waals surface area contributed by atoms with Gasteiger partial charge < -0.3 is 15.0 Å². The Morgan fingerprint density at radius 3 is 2.96 bits per heavy atom. The monoisotopic (exact) mass is 362 g/mol. The molecular formula is C18H26N4O2S. The highest BCUT2D eigenvalue weighted by atomic mass is 32.1. The number of fused-ring (bicyclic) bond motifs is 1. The Morgan fingerprint density at radius 1 is 1.48 bits per heavy atom. The number of urea groups is 1. The van der Waals surface area contributed by atoms with Gasteiger partial charge in [0.2, 0.25) is 5.88 Å². The largest absolute Gasteiger partial charge is 0.481 e. The number of amides is 2. The van der Waals surface area contributed by atoms with E-state index in [0.29, 0.717) is 12.4 Å². The van der Waals surface area contributed by atoms with Gasteiger partial charge >= 0.3 is 6.03 Å². The zero-order valence-corrected chi connectivity index (χ0v) is 16.2. The molecule has 7 heteroatoms. The van der Waals surface area contributed by atoms with Gasteiger partial charge in [0, 0.05) is 18.5 Å². The number of aryl methyl sites for hydroxylation is 2. The Bertz CT molecular complexity index is 752. The summed E-state index contributed by atoms with van der Waals surface area (Å²) in [5, 5.41) is 9.68. The van der Waals surface area contributed by atoms with Crippen LogP contribution in [-0.4, -0.2) is 34.4 Å². The van der Waals surface area contributed by atoms with E-state index >= 15 is 0 Å². The van der Waals surface area contributed by atoms with Gasteiger partial charge in [0.15, 0.2) is 0 Å². The predicted octanol–water partition coefficient (Wildman–Crippen LogP) is 3.27. The lowest BCUT2D eigenvalue weighted by Crippen LogP contribution is -2.45. The molecule has 0 saturated heterocycles. The van der Waals surface area contributed by atoms with Crippen molar-refractivity contribution in [2.24, 2.45) is 7.05 Å². The summed E-state index contributed by atoms with van der Waals surface area (Å²) >= 11 is 1.80. The van der Waals surface area contributed by atoms with E-state index in [0.717, 1.165) is 37.1 Å². The zero-order valence-electron chi connectivity index (χ0n) is 15.3. The van der Waals surface area contributed by atoms with Crippen molar-refractivity contribution in [1.29, 1.82) is 0 Å². The number of rotatable bonds is 5. The van der Waals surface area contributed by atoms with Crippen molar-refractivity contribution in [1.82, 2.24) is 20.0 Å². The molecule has 1 unspecified atom stereocenters. The van der Waals surface area contributed by atoms with Crippen molar-refractivity contribution in [3.05, 3.63) is 33.1 Å². The van der Waals surface area contributed by atoms with Crippen LogP contribution in [-0.2, 0) is 26.4 Å².